The van der Waals surface area contributed by atoms with Crippen LogP contribution in [0.15, 0.2) is 24.5 Å². The fraction of sp³-hybridized carbons (Fsp3) is 0.688. The third-order valence-electron chi connectivity index (χ3n) is 4.40. The van der Waals surface area contributed by atoms with Gasteiger partial charge in [-0.05, 0) is 49.1 Å². The third kappa shape index (κ3) is 3.81. The van der Waals surface area contributed by atoms with Crippen molar-refractivity contribution in [2.75, 3.05) is 0 Å². The number of hydrogen-bond donors (Lipinski definition) is 1. The molecule has 0 radical (unpaired) electrons. The first-order valence-corrected chi connectivity index (χ1v) is 7.36. The average molecular weight is 247 g/mol. The summed E-state index contributed by atoms with van der Waals surface area (Å²) in [5, 5.41) is 10.3. The number of aliphatic hydroxyl groups is 1. The first kappa shape index (κ1) is 13.5. The van der Waals surface area contributed by atoms with E-state index in [1.54, 1.807) is 6.20 Å². The molecule has 1 heterocycles. The Hall–Kier alpha value is -0.890. The minimum Gasteiger partial charge on any atom is -0.393 e. The van der Waals surface area contributed by atoms with E-state index in [4.69, 9.17) is 0 Å². The molecule has 2 rings (SSSR count). The Labute approximate surface area is 110 Å². The van der Waals surface area contributed by atoms with E-state index in [-0.39, 0.29) is 6.10 Å². The van der Waals surface area contributed by atoms with Crippen LogP contribution in [0.1, 0.15) is 51.0 Å². The van der Waals surface area contributed by atoms with Gasteiger partial charge in [0.1, 0.15) is 0 Å². The van der Waals surface area contributed by atoms with Crippen LogP contribution in [-0.4, -0.2) is 16.2 Å². The maximum atomic E-state index is 10.3. The van der Waals surface area contributed by atoms with Gasteiger partial charge < -0.3 is 5.11 Å². The minimum atomic E-state index is -0.125. The molecule has 2 heteroatoms. The molecule has 0 saturated heterocycles. The molecule has 3 unspecified atom stereocenters. The normalized spacial score (nSPS) is 25.9. The summed E-state index contributed by atoms with van der Waals surface area (Å²) < 4.78 is 0. The zero-order valence-electron chi connectivity index (χ0n) is 11.4. The summed E-state index contributed by atoms with van der Waals surface area (Å²) in [6.45, 7) is 2.27. The van der Waals surface area contributed by atoms with Gasteiger partial charge in [0.15, 0.2) is 0 Å². The third-order valence-corrected chi connectivity index (χ3v) is 4.40. The monoisotopic (exact) mass is 247 g/mol. The van der Waals surface area contributed by atoms with Gasteiger partial charge in [-0.15, -0.1) is 0 Å². The fourth-order valence-corrected chi connectivity index (χ4v) is 3.15. The number of pyridine rings is 1. The Morgan fingerprint density at radius 2 is 2.33 bits per heavy atom. The molecule has 0 spiro atoms. The molecule has 1 fully saturated rings. The van der Waals surface area contributed by atoms with Crippen molar-refractivity contribution in [3.8, 4) is 0 Å². The molecule has 18 heavy (non-hydrogen) atoms. The van der Waals surface area contributed by atoms with Crippen LogP contribution in [0, 0.1) is 11.8 Å². The lowest BCUT2D eigenvalue weighted by atomic mass is 9.77. The van der Waals surface area contributed by atoms with Gasteiger partial charge in [0, 0.05) is 12.4 Å². The second-order valence-corrected chi connectivity index (χ2v) is 5.67. The highest BCUT2D eigenvalue weighted by Gasteiger charge is 2.26. The van der Waals surface area contributed by atoms with Crippen LogP contribution in [0.25, 0.3) is 0 Å². The van der Waals surface area contributed by atoms with Crippen molar-refractivity contribution in [2.24, 2.45) is 11.8 Å². The van der Waals surface area contributed by atoms with E-state index in [1.807, 2.05) is 12.3 Å². The number of aryl methyl sites for hydroxylation is 1. The van der Waals surface area contributed by atoms with Crippen LogP contribution in [0.5, 0.6) is 0 Å². The molecule has 1 N–H and O–H groups in total. The van der Waals surface area contributed by atoms with Crippen molar-refractivity contribution in [3.05, 3.63) is 30.1 Å². The van der Waals surface area contributed by atoms with Gasteiger partial charge in [-0.25, -0.2) is 0 Å². The van der Waals surface area contributed by atoms with Crippen LogP contribution >= 0.6 is 0 Å². The fourth-order valence-electron chi connectivity index (χ4n) is 3.15. The molecule has 1 aliphatic rings. The van der Waals surface area contributed by atoms with Gasteiger partial charge in [0.2, 0.25) is 0 Å². The Bertz CT molecular complexity index is 338. The molecule has 0 bridgehead atoms. The maximum absolute atomic E-state index is 10.3. The molecule has 1 aromatic rings. The summed E-state index contributed by atoms with van der Waals surface area (Å²) in [6, 6.07) is 4.06. The number of aliphatic hydroxyl groups excluding tert-OH is 1. The van der Waals surface area contributed by atoms with Gasteiger partial charge in [-0.2, -0.15) is 0 Å². The van der Waals surface area contributed by atoms with Crippen molar-refractivity contribution in [1.29, 1.82) is 0 Å². The summed E-state index contributed by atoms with van der Waals surface area (Å²) in [6.07, 6.45) is 11.8. The van der Waals surface area contributed by atoms with Crippen molar-refractivity contribution >= 4 is 0 Å². The predicted molar refractivity (Wildman–Crippen MR) is 74.3 cm³/mol. The highest BCUT2D eigenvalue weighted by atomic mass is 16.3. The van der Waals surface area contributed by atoms with E-state index < -0.39 is 0 Å². The van der Waals surface area contributed by atoms with Crippen LogP contribution in [0.3, 0.4) is 0 Å². The quantitative estimate of drug-likeness (QED) is 0.862. The topological polar surface area (TPSA) is 33.1 Å². The Morgan fingerprint density at radius 1 is 1.44 bits per heavy atom. The molecule has 0 amide bonds. The van der Waals surface area contributed by atoms with E-state index in [2.05, 4.69) is 18.0 Å². The second-order valence-electron chi connectivity index (χ2n) is 5.67. The van der Waals surface area contributed by atoms with Gasteiger partial charge in [-0.1, -0.05) is 32.3 Å². The van der Waals surface area contributed by atoms with E-state index in [0.717, 1.165) is 18.8 Å². The standard InChI is InChI=1S/C16H25NO/c1-2-13-5-3-7-15(11-13)16(18)9-8-14-6-4-10-17-12-14/h4,6,10,12-13,15-16,18H,2-3,5,7-9,11H2,1H3. The Morgan fingerprint density at radius 3 is 3.06 bits per heavy atom. The lowest BCUT2D eigenvalue weighted by molar-refractivity contribution is 0.0618. The van der Waals surface area contributed by atoms with E-state index in [0.29, 0.717) is 5.92 Å². The van der Waals surface area contributed by atoms with Crippen molar-refractivity contribution in [1.82, 2.24) is 4.98 Å². The second kappa shape index (κ2) is 6.89. The van der Waals surface area contributed by atoms with E-state index >= 15 is 0 Å². The molecule has 1 aromatic heterocycles. The van der Waals surface area contributed by atoms with Gasteiger partial charge >= 0.3 is 0 Å². The minimum absolute atomic E-state index is 0.125. The average Bonchev–Trinajstić information content (AvgIpc) is 2.46. The molecular formula is C16H25NO. The molecule has 0 aliphatic heterocycles. The van der Waals surface area contributed by atoms with Gasteiger partial charge in [-0.3, -0.25) is 4.98 Å². The summed E-state index contributed by atoms with van der Waals surface area (Å²) in [5.41, 5.74) is 1.24. The summed E-state index contributed by atoms with van der Waals surface area (Å²) >= 11 is 0. The highest BCUT2D eigenvalue weighted by Crippen LogP contribution is 2.33. The first-order valence-electron chi connectivity index (χ1n) is 7.36. The highest BCUT2D eigenvalue weighted by molar-refractivity contribution is 5.08. The molecule has 1 saturated carbocycles. The molecule has 0 aromatic carbocycles. The summed E-state index contributed by atoms with van der Waals surface area (Å²) in [7, 11) is 0. The van der Waals surface area contributed by atoms with Crippen LogP contribution in [-0.2, 0) is 6.42 Å². The summed E-state index contributed by atoms with van der Waals surface area (Å²) in [5.74, 6) is 1.37. The van der Waals surface area contributed by atoms with Crippen molar-refractivity contribution < 1.29 is 5.11 Å². The SMILES string of the molecule is CCC1CCCC(C(O)CCc2cccnc2)C1. The Kier molecular flexibility index (Phi) is 5.18. The molecule has 2 nitrogen and oxygen atoms in total. The molecular weight excluding hydrogens is 222 g/mol. The first-order chi connectivity index (χ1) is 8.79. The largest absolute Gasteiger partial charge is 0.393 e. The number of rotatable bonds is 5. The number of hydrogen-bond acceptors (Lipinski definition) is 2. The van der Waals surface area contributed by atoms with Gasteiger partial charge in [0.25, 0.3) is 0 Å². The van der Waals surface area contributed by atoms with Crippen LogP contribution < -0.4 is 0 Å². The number of nitrogens with zero attached hydrogens (tertiary/aromatic N) is 1. The molecule has 3 atom stereocenters. The van der Waals surface area contributed by atoms with Crippen molar-refractivity contribution in [3.63, 3.8) is 0 Å². The zero-order valence-corrected chi connectivity index (χ0v) is 11.4. The lowest BCUT2D eigenvalue weighted by Gasteiger charge is -2.31. The van der Waals surface area contributed by atoms with E-state index in [1.165, 1.54) is 37.7 Å². The molecule has 100 valence electrons. The maximum Gasteiger partial charge on any atom is 0.0571 e. The Balaban J connectivity index is 1.79. The summed E-state index contributed by atoms with van der Waals surface area (Å²) in [4.78, 5) is 4.12. The lowest BCUT2D eigenvalue weighted by Crippen LogP contribution is -2.27. The van der Waals surface area contributed by atoms with E-state index in [9.17, 15) is 5.11 Å². The number of aromatic nitrogens is 1. The van der Waals surface area contributed by atoms with Crippen LogP contribution in [0.4, 0.5) is 0 Å². The van der Waals surface area contributed by atoms with Crippen molar-refractivity contribution in [2.45, 2.75) is 58.0 Å². The smallest absolute Gasteiger partial charge is 0.0571 e. The predicted octanol–water partition coefficient (Wildman–Crippen LogP) is 3.59. The zero-order chi connectivity index (χ0) is 12.8. The van der Waals surface area contributed by atoms with Crippen LogP contribution in [0.2, 0.25) is 0 Å². The van der Waals surface area contributed by atoms with Gasteiger partial charge in [0.05, 0.1) is 6.10 Å². The molecule has 1 aliphatic carbocycles.